The van der Waals surface area contributed by atoms with Crippen molar-refractivity contribution in [2.45, 2.75) is 50.6 Å². The molecule has 1 heterocycles. The molecule has 5 nitrogen and oxygen atoms in total. The van der Waals surface area contributed by atoms with Crippen molar-refractivity contribution in [3.63, 3.8) is 0 Å². The predicted octanol–water partition coefficient (Wildman–Crippen LogP) is 0.840. The Labute approximate surface area is 108 Å². The number of piperidine rings is 1. The molecule has 2 rings (SSSR count). The van der Waals surface area contributed by atoms with Crippen LogP contribution in [0.4, 0.5) is 0 Å². The molecule has 0 aromatic rings. The topological polar surface area (TPSA) is 69.6 Å². The van der Waals surface area contributed by atoms with Gasteiger partial charge in [0.1, 0.15) is 6.04 Å². The summed E-state index contributed by atoms with van der Waals surface area (Å²) in [5.74, 6) is -0.297. The minimum Gasteiger partial charge on any atom is -0.480 e. The maximum atomic E-state index is 11.6. The van der Waals surface area contributed by atoms with Crippen molar-refractivity contribution in [3.8, 4) is 0 Å². The van der Waals surface area contributed by atoms with Crippen molar-refractivity contribution in [3.05, 3.63) is 0 Å². The summed E-state index contributed by atoms with van der Waals surface area (Å²) in [6, 6.07) is -0.201. The van der Waals surface area contributed by atoms with Gasteiger partial charge in [-0.25, -0.2) is 0 Å². The summed E-state index contributed by atoms with van der Waals surface area (Å²) in [5.41, 5.74) is 0. The molecular weight excluding hydrogens is 232 g/mol. The van der Waals surface area contributed by atoms with Crippen LogP contribution in [0.15, 0.2) is 0 Å². The number of likely N-dealkylation sites (tertiary alicyclic amines) is 1. The fraction of sp³-hybridized carbons (Fsp3) is 0.846. The average Bonchev–Trinajstić information content (AvgIpc) is 2.38. The van der Waals surface area contributed by atoms with Gasteiger partial charge in [-0.2, -0.15) is 0 Å². The van der Waals surface area contributed by atoms with E-state index in [1.54, 1.807) is 7.05 Å². The number of nitrogens with one attached hydrogen (secondary N) is 1. The second kappa shape index (κ2) is 5.69. The summed E-state index contributed by atoms with van der Waals surface area (Å²) in [5, 5.41) is 11.9. The number of amides is 1. The lowest BCUT2D eigenvalue weighted by atomic mass is 9.76. The SMILES string of the molecule is CNC(=O)CN1C(C(=O)O)CCC2CCCCC21. The fourth-order valence-corrected chi connectivity index (χ4v) is 3.47. The Bertz CT molecular complexity index is 332. The molecule has 0 spiro atoms. The fourth-order valence-electron chi connectivity index (χ4n) is 3.47. The van der Waals surface area contributed by atoms with Crippen LogP contribution < -0.4 is 5.32 Å². The number of carbonyl (C=O) groups is 2. The van der Waals surface area contributed by atoms with Crippen LogP contribution in [-0.4, -0.2) is 47.6 Å². The number of hydrogen-bond acceptors (Lipinski definition) is 3. The summed E-state index contributed by atoms with van der Waals surface area (Å²) in [6.45, 7) is 0.217. The lowest BCUT2D eigenvalue weighted by Crippen LogP contribution is -2.57. The number of nitrogens with zero attached hydrogens (tertiary/aromatic N) is 1. The van der Waals surface area contributed by atoms with Crippen LogP contribution in [0, 0.1) is 5.92 Å². The van der Waals surface area contributed by atoms with Gasteiger partial charge in [-0.3, -0.25) is 14.5 Å². The van der Waals surface area contributed by atoms with Crippen molar-refractivity contribution in [2.24, 2.45) is 5.92 Å². The van der Waals surface area contributed by atoms with Gasteiger partial charge in [0.2, 0.25) is 5.91 Å². The molecule has 1 saturated heterocycles. The van der Waals surface area contributed by atoms with Crippen LogP contribution in [0.1, 0.15) is 38.5 Å². The van der Waals surface area contributed by atoms with Gasteiger partial charge in [0.05, 0.1) is 6.54 Å². The van der Waals surface area contributed by atoms with Gasteiger partial charge in [-0.1, -0.05) is 12.8 Å². The van der Waals surface area contributed by atoms with Crippen LogP contribution in [0.25, 0.3) is 0 Å². The minimum atomic E-state index is -0.789. The van der Waals surface area contributed by atoms with Crippen LogP contribution in [-0.2, 0) is 9.59 Å². The highest BCUT2D eigenvalue weighted by atomic mass is 16.4. The van der Waals surface area contributed by atoms with E-state index in [9.17, 15) is 14.7 Å². The first kappa shape index (κ1) is 13.3. The Morgan fingerprint density at radius 2 is 1.94 bits per heavy atom. The van der Waals surface area contributed by atoms with Crippen molar-refractivity contribution in [2.75, 3.05) is 13.6 Å². The van der Waals surface area contributed by atoms with Crippen LogP contribution >= 0.6 is 0 Å². The van der Waals surface area contributed by atoms with E-state index in [4.69, 9.17) is 0 Å². The molecule has 102 valence electrons. The van der Waals surface area contributed by atoms with Crippen LogP contribution in [0.5, 0.6) is 0 Å². The highest BCUT2D eigenvalue weighted by Crippen LogP contribution is 2.37. The Balaban J connectivity index is 2.13. The maximum absolute atomic E-state index is 11.6. The molecule has 3 unspecified atom stereocenters. The maximum Gasteiger partial charge on any atom is 0.320 e. The third-order valence-corrected chi connectivity index (χ3v) is 4.40. The van der Waals surface area contributed by atoms with E-state index >= 15 is 0 Å². The highest BCUT2D eigenvalue weighted by molar-refractivity contribution is 5.79. The first-order valence-electron chi connectivity index (χ1n) is 6.82. The molecule has 0 aromatic heterocycles. The van der Waals surface area contributed by atoms with Gasteiger partial charge in [0.25, 0.3) is 0 Å². The molecule has 5 heteroatoms. The Morgan fingerprint density at radius 3 is 2.61 bits per heavy atom. The number of carboxylic acid groups (broad SMARTS) is 1. The lowest BCUT2D eigenvalue weighted by Gasteiger charge is -2.46. The number of carbonyl (C=O) groups excluding carboxylic acids is 1. The number of hydrogen-bond donors (Lipinski definition) is 2. The van der Waals surface area contributed by atoms with E-state index in [1.165, 1.54) is 12.8 Å². The second-order valence-corrected chi connectivity index (χ2v) is 5.39. The van der Waals surface area contributed by atoms with E-state index in [-0.39, 0.29) is 18.5 Å². The molecule has 0 bridgehead atoms. The van der Waals surface area contributed by atoms with Crippen LogP contribution in [0.3, 0.4) is 0 Å². The highest BCUT2D eigenvalue weighted by Gasteiger charge is 2.41. The largest absolute Gasteiger partial charge is 0.480 e. The van der Waals surface area contributed by atoms with Gasteiger partial charge in [0, 0.05) is 13.1 Å². The Morgan fingerprint density at radius 1 is 1.22 bits per heavy atom. The van der Waals surface area contributed by atoms with Gasteiger partial charge in [-0.15, -0.1) is 0 Å². The first-order valence-corrected chi connectivity index (χ1v) is 6.82. The van der Waals surface area contributed by atoms with Crippen molar-refractivity contribution >= 4 is 11.9 Å². The van der Waals surface area contributed by atoms with Gasteiger partial charge < -0.3 is 10.4 Å². The Hall–Kier alpha value is -1.10. The molecule has 1 amide bonds. The summed E-state index contributed by atoms with van der Waals surface area (Å²) >= 11 is 0. The molecule has 0 aromatic carbocycles. The third kappa shape index (κ3) is 2.66. The minimum absolute atomic E-state index is 0.0903. The predicted molar refractivity (Wildman–Crippen MR) is 67.2 cm³/mol. The molecule has 2 aliphatic rings. The molecule has 1 aliphatic heterocycles. The number of likely N-dealkylation sites (N-methyl/N-ethyl adjacent to an activating group) is 1. The lowest BCUT2D eigenvalue weighted by molar-refractivity contribution is -0.149. The molecule has 0 radical (unpaired) electrons. The second-order valence-electron chi connectivity index (χ2n) is 5.39. The van der Waals surface area contributed by atoms with Crippen molar-refractivity contribution in [1.29, 1.82) is 0 Å². The van der Waals surface area contributed by atoms with E-state index in [1.807, 2.05) is 4.90 Å². The molecule has 1 saturated carbocycles. The van der Waals surface area contributed by atoms with Gasteiger partial charge in [-0.05, 0) is 31.6 Å². The quantitative estimate of drug-likeness (QED) is 0.783. The van der Waals surface area contributed by atoms with E-state index in [0.29, 0.717) is 12.3 Å². The number of fused-ring (bicyclic) bond motifs is 1. The average molecular weight is 254 g/mol. The third-order valence-electron chi connectivity index (χ3n) is 4.40. The summed E-state index contributed by atoms with van der Waals surface area (Å²) in [7, 11) is 1.60. The number of rotatable bonds is 3. The molecule has 2 N–H and O–H groups in total. The molecule has 1 aliphatic carbocycles. The van der Waals surface area contributed by atoms with E-state index in [0.717, 1.165) is 19.3 Å². The van der Waals surface area contributed by atoms with Crippen LogP contribution in [0.2, 0.25) is 0 Å². The zero-order valence-corrected chi connectivity index (χ0v) is 10.9. The monoisotopic (exact) mass is 254 g/mol. The zero-order chi connectivity index (χ0) is 13.1. The first-order chi connectivity index (χ1) is 8.63. The Kier molecular flexibility index (Phi) is 4.22. The van der Waals surface area contributed by atoms with Crippen molar-refractivity contribution in [1.82, 2.24) is 10.2 Å². The summed E-state index contributed by atoms with van der Waals surface area (Å²) in [6.07, 6.45) is 6.27. The van der Waals surface area contributed by atoms with E-state index in [2.05, 4.69) is 5.32 Å². The smallest absolute Gasteiger partial charge is 0.320 e. The van der Waals surface area contributed by atoms with Gasteiger partial charge in [0.15, 0.2) is 0 Å². The van der Waals surface area contributed by atoms with Crippen molar-refractivity contribution < 1.29 is 14.7 Å². The summed E-state index contributed by atoms with van der Waals surface area (Å²) < 4.78 is 0. The standard InChI is InChI=1S/C13H22N2O3/c1-14-12(16)8-15-10-5-3-2-4-9(10)6-7-11(15)13(17)18/h9-11H,2-8H2,1H3,(H,14,16)(H,17,18). The summed E-state index contributed by atoms with van der Waals surface area (Å²) in [4.78, 5) is 24.8. The number of carboxylic acids is 1. The van der Waals surface area contributed by atoms with Gasteiger partial charge >= 0.3 is 5.97 Å². The molecule has 2 fully saturated rings. The van der Waals surface area contributed by atoms with E-state index < -0.39 is 12.0 Å². The number of aliphatic carboxylic acids is 1. The molecule has 18 heavy (non-hydrogen) atoms. The normalized spacial score (nSPS) is 32.6. The zero-order valence-electron chi connectivity index (χ0n) is 10.9. The molecular formula is C13H22N2O3. The molecule has 3 atom stereocenters.